The summed E-state index contributed by atoms with van der Waals surface area (Å²) >= 11 is 0. The van der Waals surface area contributed by atoms with E-state index in [2.05, 4.69) is 15.6 Å². The summed E-state index contributed by atoms with van der Waals surface area (Å²) in [5.74, 6) is 0.0714. The topological polar surface area (TPSA) is 102 Å². The highest BCUT2D eigenvalue weighted by molar-refractivity contribution is 6.08. The molecular weight excluding hydrogens is 432 g/mol. The van der Waals surface area contributed by atoms with Gasteiger partial charge < -0.3 is 14.6 Å². The predicted molar refractivity (Wildman–Crippen MR) is 131 cm³/mol. The smallest absolute Gasteiger partial charge is 0.326 e. The summed E-state index contributed by atoms with van der Waals surface area (Å²) in [5.41, 5.74) is 4.09. The highest BCUT2D eigenvalue weighted by Gasteiger charge is 2.16. The van der Waals surface area contributed by atoms with Crippen LogP contribution in [0.2, 0.25) is 0 Å². The monoisotopic (exact) mass is 456 g/mol. The van der Waals surface area contributed by atoms with Crippen LogP contribution in [0.25, 0.3) is 22.0 Å². The standard InChI is InChI=1S/C26H24N4O4/c1-15-5-6-17(24(31)29-26(33)28-19-7-9-20(34-4)10-8-19)12-21(15)22-13-18-14-27-16(2)11-23(18)30(3)25(22)32/h5-14H,1-4H3,(H2,28,29,31,33). The third kappa shape index (κ3) is 4.52. The van der Waals surface area contributed by atoms with Crippen LogP contribution in [0.5, 0.6) is 5.75 Å². The van der Waals surface area contributed by atoms with Crippen LogP contribution in [-0.2, 0) is 7.05 Å². The second kappa shape index (κ2) is 9.19. The minimum Gasteiger partial charge on any atom is -0.497 e. The number of carbonyl (C=O) groups is 2. The van der Waals surface area contributed by atoms with Crippen molar-refractivity contribution in [3.63, 3.8) is 0 Å². The molecule has 0 aliphatic rings. The second-order valence-electron chi connectivity index (χ2n) is 7.97. The lowest BCUT2D eigenvalue weighted by Crippen LogP contribution is -2.34. The number of nitrogens with one attached hydrogen (secondary N) is 2. The quantitative estimate of drug-likeness (QED) is 0.479. The molecule has 2 N–H and O–H groups in total. The molecule has 4 rings (SSSR count). The van der Waals surface area contributed by atoms with Gasteiger partial charge in [0.15, 0.2) is 0 Å². The van der Waals surface area contributed by atoms with Crippen molar-refractivity contribution >= 4 is 28.5 Å². The molecule has 0 atom stereocenters. The number of ether oxygens (including phenoxy) is 1. The Kier molecular flexibility index (Phi) is 6.14. The Bertz CT molecular complexity index is 1470. The zero-order valence-electron chi connectivity index (χ0n) is 19.3. The highest BCUT2D eigenvalue weighted by atomic mass is 16.5. The summed E-state index contributed by atoms with van der Waals surface area (Å²) in [4.78, 5) is 42.5. The van der Waals surface area contributed by atoms with Gasteiger partial charge in [0.05, 0.1) is 12.6 Å². The molecule has 0 saturated carbocycles. The average Bonchev–Trinajstić information content (AvgIpc) is 2.82. The third-order valence-electron chi connectivity index (χ3n) is 5.61. The number of pyridine rings is 2. The van der Waals surface area contributed by atoms with Crippen molar-refractivity contribution in [3.05, 3.63) is 88.0 Å². The summed E-state index contributed by atoms with van der Waals surface area (Å²) in [7, 11) is 3.26. The molecule has 0 fully saturated rings. The number of aromatic nitrogens is 2. The number of hydrogen-bond donors (Lipinski definition) is 2. The van der Waals surface area contributed by atoms with Gasteiger partial charge >= 0.3 is 6.03 Å². The zero-order chi connectivity index (χ0) is 24.4. The summed E-state index contributed by atoms with van der Waals surface area (Å²) in [5, 5.41) is 5.74. The van der Waals surface area contributed by atoms with Crippen LogP contribution >= 0.6 is 0 Å². The Hall–Kier alpha value is -4.46. The SMILES string of the molecule is COc1ccc(NC(=O)NC(=O)c2ccc(C)c(-c3cc4cnc(C)cc4n(C)c3=O)c2)cc1. The van der Waals surface area contributed by atoms with E-state index in [1.54, 1.807) is 73.5 Å². The largest absolute Gasteiger partial charge is 0.497 e. The zero-order valence-corrected chi connectivity index (χ0v) is 19.3. The molecule has 3 amide bonds. The molecule has 8 heteroatoms. The van der Waals surface area contributed by atoms with Crippen molar-refractivity contribution in [1.82, 2.24) is 14.9 Å². The van der Waals surface area contributed by atoms with E-state index in [1.807, 2.05) is 19.9 Å². The molecular formula is C26H24N4O4. The fraction of sp³-hybridized carbons (Fsp3) is 0.154. The molecule has 34 heavy (non-hydrogen) atoms. The van der Waals surface area contributed by atoms with Crippen molar-refractivity contribution in [2.45, 2.75) is 13.8 Å². The minimum atomic E-state index is -0.666. The predicted octanol–water partition coefficient (Wildman–Crippen LogP) is 4.19. The van der Waals surface area contributed by atoms with Crippen molar-refractivity contribution in [1.29, 1.82) is 0 Å². The van der Waals surface area contributed by atoms with Crippen LogP contribution in [0, 0.1) is 13.8 Å². The Labute approximate surface area is 196 Å². The first-order valence-corrected chi connectivity index (χ1v) is 10.6. The Morgan fingerprint density at radius 2 is 1.71 bits per heavy atom. The van der Waals surface area contributed by atoms with Gasteiger partial charge in [-0.15, -0.1) is 0 Å². The van der Waals surface area contributed by atoms with Gasteiger partial charge in [0, 0.05) is 41.1 Å². The van der Waals surface area contributed by atoms with Crippen LogP contribution in [-0.4, -0.2) is 28.6 Å². The molecule has 0 aliphatic heterocycles. The van der Waals surface area contributed by atoms with Gasteiger partial charge in [0.2, 0.25) is 0 Å². The first-order chi connectivity index (χ1) is 16.3. The number of rotatable bonds is 4. The number of urea groups is 1. The Balaban J connectivity index is 1.61. The molecule has 172 valence electrons. The van der Waals surface area contributed by atoms with Crippen LogP contribution in [0.15, 0.2) is 65.6 Å². The highest BCUT2D eigenvalue weighted by Crippen LogP contribution is 2.25. The van der Waals surface area contributed by atoms with Gasteiger partial charge in [-0.25, -0.2) is 4.79 Å². The molecule has 4 aromatic rings. The lowest BCUT2D eigenvalue weighted by molar-refractivity contribution is 0.0967. The van der Waals surface area contributed by atoms with E-state index in [9.17, 15) is 14.4 Å². The summed E-state index contributed by atoms with van der Waals surface area (Å²) in [6.07, 6.45) is 1.73. The normalized spacial score (nSPS) is 10.7. The van der Waals surface area contributed by atoms with Gasteiger partial charge in [-0.2, -0.15) is 0 Å². The minimum absolute atomic E-state index is 0.184. The number of aryl methyl sites for hydroxylation is 3. The van der Waals surface area contributed by atoms with Gasteiger partial charge in [0.1, 0.15) is 5.75 Å². The summed E-state index contributed by atoms with van der Waals surface area (Å²) in [6, 6.07) is 14.7. The molecule has 0 saturated heterocycles. The fourth-order valence-electron chi connectivity index (χ4n) is 3.72. The molecule has 0 bridgehead atoms. The molecule has 2 heterocycles. The van der Waals surface area contributed by atoms with Crippen LogP contribution < -0.4 is 20.9 Å². The molecule has 0 unspecified atom stereocenters. The van der Waals surface area contributed by atoms with E-state index in [0.29, 0.717) is 22.6 Å². The van der Waals surface area contributed by atoms with Gasteiger partial charge in [-0.1, -0.05) is 6.07 Å². The van der Waals surface area contributed by atoms with Gasteiger partial charge in [0.25, 0.3) is 11.5 Å². The average molecular weight is 457 g/mol. The van der Waals surface area contributed by atoms with Crippen molar-refractivity contribution in [3.8, 4) is 16.9 Å². The lowest BCUT2D eigenvalue weighted by atomic mass is 9.97. The van der Waals surface area contributed by atoms with Crippen LogP contribution in [0.3, 0.4) is 0 Å². The number of carbonyl (C=O) groups excluding carboxylic acids is 2. The Morgan fingerprint density at radius 1 is 0.971 bits per heavy atom. The van der Waals surface area contributed by atoms with E-state index in [0.717, 1.165) is 22.2 Å². The fourth-order valence-corrected chi connectivity index (χ4v) is 3.72. The number of hydrogen-bond acceptors (Lipinski definition) is 5. The first kappa shape index (κ1) is 22.7. The molecule has 0 radical (unpaired) electrons. The molecule has 0 aliphatic carbocycles. The van der Waals surface area contributed by atoms with E-state index in [-0.39, 0.29) is 11.1 Å². The Morgan fingerprint density at radius 3 is 2.41 bits per heavy atom. The van der Waals surface area contributed by atoms with Crippen molar-refractivity contribution in [2.24, 2.45) is 7.05 Å². The maximum Gasteiger partial charge on any atom is 0.326 e. The van der Waals surface area contributed by atoms with E-state index < -0.39 is 11.9 Å². The van der Waals surface area contributed by atoms with Crippen LogP contribution in [0.4, 0.5) is 10.5 Å². The number of imide groups is 1. The molecule has 2 aromatic carbocycles. The third-order valence-corrected chi connectivity index (χ3v) is 5.61. The molecule has 2 aromatic heterocycles. The van der Waals surface area contributed by atoms with E-state index in [1.165, 1.54) is 0 Å². The number of amides is 3. The van der Waals surface area contributed by atoms with Crippen molar-refractivity contribution < 1.29 is 14.3 Å². The van der Waals surface area contributed by atoms with E-state index in [4.69, 9.17) is 4.74 Å². The first-order valence-electron chi connectivity index (χ1n) is 10.6. The van der Waals surface area contributed by atoms with Gasteiger partial charge in [-0.3, -0.25) is 19.9 Å². The maximum absolute atomic E-state index is 13.1. The molecule has 0 spiro atoms. The summed E-state index contributed by atoms with van der Waals surface area (Å²) < 4.78 is 6.67. The van der Waals surface area contributed by atoms with E-state index >= 15 is 0 Å². The lowest BCUT2D eigenvalue weighted by Gasteiger charge is -2.13. The molecule has 8 nitrogen and oxygen atoms in total. The number of nitrogens with zero attached hydrogens (tertiary/aromatic N) is 2. The second-order valence-corrected chi connectivity index (χ2v) is 7.97. The van der Waals surface area contributed by atoms with Crippen LogP contribution in [0.1, 0.15) is 21.6 Å². The number of methoxy groups -OCH3 is 1. The number of fused-ring (bicyclic) bond motifs is 1. The van der Waals surface area contributed by atoms with Crippen molar-refractivity contribution in [2.75, 3.05) is 12.4 Å². The van der Waals surface area contributed by atoms with Gasteiger partial charge in [-0.05, 0) is 73.5 Å². The number of anilines is 1. The maximum atomic E-state index is 13.1. The number of benzene rings is 2. The summed E-state index contributed by atoms with van der Waals surface area (Å²) in [6.45, 7) is 3.74.